The van der Waals surface area contributed by atoms with Crippen LogP contribution in [0.15, 0.2) is 30.6 Å². The van der Waals surface area contributed by atoms with Gasteiger partial charge in [0, 0.05) is 25.8 Å². The predicted octanol–water partition coefficient (Wildman–Crippen LogP) is 0.923. The third-order valence-electron chi connectivity index (χ3n) is 4.29. The van der Waals surface area contributed by atoms with Gasteiger partial charge in [0.1, 0.15) is 5.69 Å². The van der Waals surface area contributed by atoms with Gasteiger partial charge in [-0.05, 0) is 18.6 Å². The molecule has 1 fully saturated rings. The summed E-state index contributed by atoms with van der Waals surface area (Å²) in [7, 11) is 1.55. The number of nitrogens with zero attached hydrogens (tertiary/aromatic N) is 6. The number of nitrogens with one attached hydrogen (secondary N) is 1. The molecule has 1 aliphatic heterocycles. The number of rotatable bonds is 4. The highest BCUT2D eigenvalue weighted by Gasteiger charge is 2.23. The first-order valence-corrected chi connectivity index (χ1v) is 8.60. The molecule has 0 atom stereocenters. The van der Waals surface area contributed by atoms with Crippen molar-refractivity contribution >= 4 is 5.91 Å². The fourth-order valence-electron chi connectivity index (χ4n) is 2.92. The van der Waals surface area contributed by atoms with Gasteiger partial charge in [-0.25, -0.2) is 9.67 Å². The van der Waals surface area contributed by atoms with Gasteiger partial charge in [-0.3, -0.25) is 4.79 Å². The molecule has 0 aromatic carbocycles. The number of pyridine rings is 1. The first kappa shape index (κ1) is 17.2. The van der Waals surface area contributed by atoms with Crippen molar-refractivity contribution in [2.24, 2.45) is 0 Å². The molecule has 140 valence electrons. The quantitative estimate of drug-likeness (QED) is 0.728. The van der Waals surface area contributed by atoms with Gasteiger partial charge in [-0.2, -0.15) is 20.5 Å². The molecule has 3 aromatic heterocycles. The van der Waals surface area contributed by atoms with E-state index in [2.05, 4.69) is 25.5 Å². The average molecular weight is 369 g/mol. The maximum absolute atomic E-state index is 12.9. The molecular formula is C17H19N7O3. The van der Waals surface area contributed by atoms with Crippen molar-refractivity contribution < 1.29 is 14.3 Å². The van der Waals surface area contributed by atoms with Gasteiger partial charge in [0.25, 0.3) is 5.91 Å². The van der Waals surface area contributed by atoms with Crippen LogP contribution in [0.25, 0.3) is 17.1 Å². The molecule has 1 amide bonds. The number of ether oxygens (including phenoxy) is 2. The number of H-pyrrole nitrogens is 1. The summed E-state index contributed by atoms with van der Waals surface area (Å²) in [5.41, 5.74) is 2.25. The smallest absolute Gasteiger partial charge is 0.274 e. The normalized spacial score (nSPS) is 14.8. The highest BCUT2D eigenvalue weighted by Crippen LogP contribution is 2.23. The summed E-state index contributed by atoms with van der Waals surface area (Å²) in [6, 6.07) is 5.27. The number of amides is 1. The Bertz CT molecular complexity index is 897. The van der Waals surface area contributed by atoms with Crippen LogP contribution in [0.2, 0.25) is 0 Å². The summed E-state index contributed by atoms with van der Waals surface area (Å²) >= 11 is 0. The third kappa shape index (κ3) is 3.51. The van der Waals surface area contributed by atoms with Crippen LogP contribution in [0, 0.1) is 0 Å². The number of carbonyl (C=O) groups excluding carboxylic acids is 1. The Morgan fingerprint density at radius 3 is 2.93 bits per heavy atom. The Morgan fingerprint density at radius 1 is 1.26 bits per heavy atom. The maximum Gasteiger partial charge on any atom is 0.274 e. The molecule has 0 unspecified atom stereocenters. The fourth-order valence-corrected chi connectivity index (χ4v) is 2.92. The predicted molar refractivity (Wildman–Crippen MR) is 94.6 cm³/mol. The van der Waals surface area contributed by atoms with Crippen molar-refractivity contribution in [3.63, 3.8) is 0 Å². The molecule has 1 N–H and O–H groups in total. The SMILES string of the molecule is COc1ccc(-n2nc(C(=O)N3CCCOCC3)cc2-c2cn[nH]n2)cn1. The number of hydrogen-bond acceptors (Lipinski definition) is 7. The molecule has 0 saturated carbocycles. The molecule has 0 bridgehead atoms. The molecule has 4 heterocycles. The molecule has 0 spiro atoms. The molecule has 1 saturated heterocycles. The highest BCUT2D eigenvalue weighted by molar-refractivity contribution is 5.93. The molecule has 10 nitrogen and oxygen atoms in total. The Morgan fingerprint density at radius 2 is 2.19 bits per heavy atom. The second kappa shape index (κ2) is 7.54. The molecule has 0 radical (unpaired) electrons. The van der Waals surface area contributed by atoms with E-state index in [1.54, 1.807) is 41.2 Å². The Hall–Kier alpha value is -3.27. The third-order valence-corrected chi connectivity index (χ3v) is 4.29. The lowest BCUT2D eigenvalue weighted by atomic mass is 10.2. The zero-order valence-electron chi connectivity index (χ0n) is 14.8. The fraction of sp³-hybridized carbons (Fsp3) is 0.353. The van der Waals surface area contributed by atoms with Gasteiger partial charge in [0.15, 0.2) is 5.69 Å². The van der Waals surface area contributed by atoms with Gasteiger partial charge < -0.3 is 14.4 Å². The average Bonchev–Trinajstić information content (AvgIpc) is 3.31. The Labute approximate surface area is 155 Å². The summed E-state index contributed by atoms with van der Waals surface area (Å²) in [4.78, 5) is 18.9. The van der Waals surface area contributed by atoms with Crippen LogP contribution in [0.3, 0.4) is 0 Å². The zero-order valence-corrected chi connectivity index (χ0v) is 14.8. The van der Waals surface area contributed by atoms with E-state index in [1.165, 1.54) is 0 Å². The van der Waals surface area contributed by atoms with Crippen molar-refractivity contribution in [3.05, 3.63) is 36.3 Å². The van der Waals surface area contributed by atoms with E-state index in [1.807, 2.05) is 6.07 Å². The van der Waals surface area contributed by atoms with Gasteiger partial charge >= 0.3 is 0 Å². The zero-order chi connectivity index (χ0) is 18.6. The van der Waals surface area contributed by atoms with Crippen molar-refractivity contribution in [1.29, 1.82) is 0 Å². The lowest BCUT2D eigenvalue weighted by molar-refractivity contribution is 0.0735. The van der Waals surface area contributed by atoms with Crippen LogP contribution < -0.4 is 4.74 Å². The minimum atomic E-state index is -0.134. The van der Waals surface area contributed by atoms with Gasteiger partial charge in [0.05, 0.1) is 37.5 Å². The van der Waals surface area contributed by atoms with E-state index < -0.39 is 0 Å². The van der Waals surface area contributed by atoms with Gasteiger partial charge in [-0.15, -0.1) is 0 Å². The van der Waals surface area contributed by atoms with Crippen molar-refractivity contribution in [2.45, 2.75) is 6.42 Å². The molecule has 27 heavy (non-hydrogen) atoms. The molecular weight excluding hydrogens is 350 g/mol. The van der Waals surface area contributed by atoms with E-state index in [4.69, 9.17) is 9.47 Å². The lowest BCUT2D eigenvalue weighted by Gasteiger charge is -2.17. The first-order chi connectivity index (χ1) is 13.3. The summed E-state index contributed by atoms with van der Waals surface area (Å²) in [6.07, 6.45) is 4.02. The van der Waals surface area contributed by atoms with Crippen LogP contribution in [0.5, 0.6) is 5.88 Å². The number of aromatic nitrogens is 6. The largest absolute Gasteiger partial charge is 0.481 e. The number of carbonyl (C=O) groups is 1. The first-order valence-electron chi connectivity index (χ1n) is 8.60. The van der Waals surface area contributed by atoms with E-state index >= 15 is 0 Å². The number of hydrogen-bond donors (Lipinski definition) is 1. The Kier molecular flexibility index (Phi) is 4.79. The summed E-state index contributed by atoms with van der Waals surface area (Å²) in [5.74, 6) is 0.361. The molecule has 4 rings (SSSR count). The van der Waals surface area contributed by atoms with E-state index in [9.17, 15) is 4.79 Å². The van der Waals surface area contributed by atoms with Crippen molar-refractivity contribution in [2.75, 3.05) is 33.4 Å². The molecule has 0 aliphatic carbocycles. The van der Waals surface area contributed by atoms with E-state index in [-0.39, 0.29) is 5.91 Å². The minimum absolute atomic E-state index is 0.134. The van der Waals surface area contributed by atoms with E-state index in [0.29, 0.717) is 55.0 Å². The van der Waals surface area contributed by atoms with E-state index in [0.717, 1.165) is 6.42 Å². The monoisotopic (exact) mass is 369 g/mol. The van der Waals surface area contributed by atoms with Gasteiger partial charge in [0.2, 0.25) is 5.88 Å². The van der Waals surface area contributed by atoms with Crippen LogP contribution in [0.4, 0.5) is 0 Å². The number of aromatic amines is 1. The van der Waals surface area contributed by atoms with Crippen molar-refractivity contribution in [1.82, 2.24) is 35.1 Å². The minimum Gasteiger partial charge on any atom is -0.481 e. The van der Waals surface area contributed by atoms with Crippen LogP contribution in [-0.2, 0) is 4.74 Å². The topological polar surface area (TPSA) is 111 Å². The molecule has 10 heteroatoms. The number of methoxy groups -OCH3 is 1. The summed E-state index contributed by atoms with van der Waals surface area (Å²) in [5, 5.41) is 15.1. The van der Waals surface area contributed by atoms with Gasteiger partial charge in [-0.1, -0.05) is 0 Å². The second-order valence-corrected chi connectivity index (χ2v) is 6.00. The lowest BCUT2D eigenvalue weighted by Crippen LogP contribution is -2.33. The van der Waals surface area contributed by atoms with Crippen LogP contribution >= 0.6 is 0 Å². The van der Waals surface area contributed by atoms with Crippen molar-refractivity contribution in [3.8, 4) is 23.0 Å². The summed E-state index contributed by atoms with van der Waals surface area (Å²) in [6.45, 7) is 2.40. The maximum atomic E-state index is 12.9. The van der Waals surface area contributed by atoms with Crippen LogP contribution in [0.1, 0.15) is 16.9 Å². The summed E-state index contributed by atoms with van der Waals surface area (Å²) < 4.78 is 12.2. The standard InChI is InChI=1S/C17H19N7O3/c1-26-16-4-3-12(10-18-16)24-15(14-11-19-22-20-14)9-13(21-24)17(25)23-5-2-7-27-8-6-23/h3-4,9-11H,2,5-8H2,1H3,(H,19,20,22). The second-order valence-electron chi connectivity index (χ2n) is 6.00. The molecule has 1 aliphatic rings. The Balaban J connectivity index is 1.72. The highest BCUT2D eigenvalue weighted by atomic mass is 16.5. The van der Waals surface area contributed by atoms with Crippen LogP contribution in [-0.4, -0.2) is 74.4 Å². The molecule has 3 aromatic rings.